The maximum atomic E-state index is 11.4. The van der Waals surface area contributed by atoms with Gasteiger partial charge in [0.2, 0.25) is 0 Å². The van der Waals surface area contributed by atoms with Crippen molar-refractivity contribution in [2.75, 3.05) is 0 Å². The molecule has 0 radical (unpaired) electrons. The molecule has 0 aliphatic carbocycles. The lowest BCUT2D eigenvalue weighted by Gasteiger charge is -2.33. The van der Waals surface area contributed by atoms with Crippen LogP contribution in [0, 0.1) is 0 Å². The molecule has 0 saturated carbocycles. The number of nitrogens with one attached hydrogen (secondary N) is 1. The molecule has 0 bridgehead atoms. The molecule has 1 aliphatic heterocycles. The van der Waals surface area contributed by atoms with E-state index in [0.29, 0.717) is 18.4 Å². The van der Waals surface area contributed by atoms with E-state index in [-0.39, 0.29) is 6.42 Å². The molecule has 1 fully saturated rings. The number of aliphatic hydroxyl groups excluding tert-OH is 1. The average Bonchev–Trinajstić information content (AvgIpc) is 2.94. The number of hydrogen-bond acceptors (Lipinski definition) is 7. The minimum absolute atomic E-state index is 0.209. The number of aliphatic hydroxyl groups is 1. The van der Waals surface area contributed by atoms with E-state index in [9.17, 15) is 24.8 Å². The molecule has 0 aromatic carbocycles. The van der Waals surface area contributed by atoms with Crippen molar-refractivity contribution in [1.82, 2.24) is 5.32 Å². The van der Waals surface area contributed by atoms with Gasteiger partial charge in [-0.15, -0.1) is 0 Å². The summed E-state index contributed by atoms with van der Waals surface area (Å²) in [5.41, 5.74) is 0.470. The fourth-order valence-electron chi connectivity index (χ4n) is 2.61. The summed E-state index contributed by atoms with van der Waals surface area (Å²) in [6.07, 6.45) is -1.44. The first-order valence-electron chi connectivity index (χ1n) is 7.13. The summed E-state index contributed by atoms with van der Waals surface area (Å²) in [5.74, 6) is -4.03. The fraction of sp³-hybridized carbons (Fsp3) is 0.538. The van der Waals surface area contributed by atoms with Crippen molar-refractivity contribution in [3.63, 3.8) is 0 Å². The first kappa shape index (κ1) is 17.9. The molecule has 10 heteroatoms. The topological polar surface area (TPSA) is 136 Å². The summed E-state index contributed by atoms with van der Waals surface area (Å²) in [6, 6.07) is 1.62. The van der Waals surface area contributed by atoms with Gasteiger partial charge in [0, 0.05) is 5.94 Å². The highest BCUT2D eigenvalue weighted by molar-refractivity contribution is 7.08. The standard InChI is InChI=1S/C13H18BNO7S/c16-10(17)5-8-1-2-9(14(21)22-8)15-12(18)11(13(19)20)7-3-4-23-6-7/h3-4,6,8-9,11-12,15,18,21H,1-2,5H2,(H,16,17)(H,19,20)/t8-,9-,11?,12?/m0/s1. The zero-order chi connectivity index (χ0) is 17.0. The Kier molecular flexibility index (Phi) is 6.14. The van der Waals surface area contributed by atoms with Crippen LogP contribution in [-0.4, -0.2) is 57.7 Å². The Balaban J connectivity index is 1.95. The Hall–Kier alpha value is -1.46. The highest BCUT2D eigenvalue weighted by Crippen LogP contribution is 2.24. The van der Waals surface area contributed by atoms with E-state index in [1.54, 1.807) is 16.8 Å². The zero-order valence-electron chi connectivity index (χ0n) is 12.2. The molecule has 23 heavy (non-hydrogen) atoms. The number of rotatable bonds is 7. The second-order valence-electron chi connectivity index (χ2n) is 5.41. The SMILES string of the molecule is O=C(O)C[C@@H]1CC[C@H](NC(O)C(C(=O)O)c2ccsc2)B(O)O1. The van der Waals surface area contributed by atoms with Gasteiger partial charge in [-0.25, -0.2) is 0 Å². The number of thiophene rings is 1. The number of carboxylic acids is 2. The Bertz CT molecular complexity index is 540. The molecule has 0 spiro atoms. The quantitative estimate of drug-likeness (QED) is 0.341. The zero-order valence-corrected chi connectivity index (χ0v) is 13.0. The van der Waals surface area contributed by atoms with Crippen LogP contribution < -0.4 is 5.32 Å². The largest absolute Gasteiger partial charge is 0.481 e. The molecule has 2 rings (SSSR count). The van der Waals surface area contributed by atoms with Gasteiger partial charge >= 0.3 is 19.1 Å². The maximum Gasteiger partial charge on any atom is 0.472 e. The van der Waals surface area contributed by atoms with Crippen LogP contribution in [0.2, 0.25) is 0 Å². The van der Waals surface area contributed by atoms with Gasteiger partial charge in [-0.3, -0.25) is 14.9 Å². The van der Waals surface area contributed by atoms with Gasteiger partial charge in [0.25, 0.3) is 0 Å². The van der Waals surface area contributed by atoms with Crippen molar-refractivity contribution in [2.45, 2.75) is 43.5 Å². The number of aliphatic carboxylic acids is 2. The number of carboxylic acid groups (broad SMARTS) is 2. The Morgan fingerprint density at radius 3 is 2.70 bits per heavy atom. The molecule has 8 nitrogen and oxygen atoms in total. The molecular formula is C13H18BNO7S. The molecule has 1 aromatic rings. The Labute approximate surface area is 136 Å². The lowest BCUT2D eigenvalue weighted by atomic mass is 9.72. The number of carbonyl (C=O) groups is 2. The van der Waals surface area contributed by atoms with Crippen molar-refractivity contribution < 1.29 is 34.6 Å². The third-order valence-corrected chi connectivity index (χ3v) is 4.45. The molecule has 2 unspecified atom stereocenters. The van der Waals surface area contributed by atoms with E-state index in [1.807, 2.05) is 0 Å². The average molecular weight is 343 g/mol. The molecule has 5 N–H and O–H groups in total. The van der Waals surface area contributed by atoms with Crippen LogP contribution in [0.3, 0.4) is 0 Å². The van der Waals surface area contributed by atoms with Crippen molar-refractivity contribution in [1.29, 1.82) is 0 Å². The van der Waals surface area contributed by atoms with Crippen LogP contribution in [0.5, 0.6) is 0 Å². The summed E-state index contributed by atoms with van der Waals surface area (Å²) >= 11 is 1.32. The third-order valence-electron chi connectivity index (χ3n) is 3.75. The van der Waals surface area contributed by atoms with E-state index >= 15 is 0 Å². The number of hydrogen-bond donors (Lipinski definition) is 5. The highest BCUT2D eigenvalue weighted by Gasteiger charge is 2.39. The molecular weight excluding hydrogens is 325 g/mol. The summed E-state index contributed by atoms with van der Waals surface area (Å²) in [5, 5.41) is 44.1. The lowest BCUT2D eigenvalue weighted by Crippen LogP contribution is -2.55. The summed E-state index contributed by atoms with van der Waals surface area (Å²) in [6.45, 7) is 0. The second kappa shape index (κ2) is 7.89. The Morgan fingerprint density at radius 2 is 2.17 bits per heavy atom. The minimum Gasteiger partial charge on any atom is -0.481 e. The summed E-state index contributed by atoms with van der Waals surface area (Å²) < 4.78 is 5.20. The minimum atomic E-state index is -1.40. The maximum absolute atomic E-state index is 11.4. The van der Waals surface area contributed by atoms with Crippen molar-refractivity contribution in [3.05, 3.63) is 22.4 Å². The van der Waals surface area contributed by atoms with Gasteiger partial charge in [-0.05, 0) is 35.2 Å². The van der Waals surface area contributed by atoms with Gasteiger partial charge in [0.1, 0.15) is 12.1 Å². The normalized spacial score (nSPS) is 24.2. The van der Waals surface area contributed by atoms with E-state index in [2.05, 4.69) is 5.32 Å². The first-order chi connectivity index (χ1) is 10.9. The smallest absolute Gasteiger partial charge is 0.472 e. The van der Waals surface area contributed by atoms with Crippen LogP contribution >= 0.6 is 11.3 Å². The van der Waals surface area contributed by atoms with Crippen LogP contribution in [0.4, 0.5) is 0 Å². The molecule has 2 heterocycles. The van der Waals surface area contributed by atoms with Gasteiger partial charge < -0.3 is 25.0 Å². The van der Waals surface area contributed by atoms with E-state index in [1.165, 1.54) is 11.3 Å². The van der Waals surface area contributed by atoms with E-state index < -0.39 is 43.2 Å². The van der Waals surface area contributed by atoms with Crippen molar-refractivity contribution in [2.24, 2.45) is 0 Å². The van der Waals surface area contributed by atoms with Gasteiger partial charge in [-0.1, -0.05) is 0 Å². The predicted octanol–water partition coefficient (Wildman–Crippen LogP) is -0.134. The van der Waals surface area contributed by atoms with E-state index in [4.69, 9.17) is 9.76 Å². The summed E-state index contributed by atoms with van der Waals surface area (Å²) in [4.78, 5) is 22.0. The fourth-order valence-corrected chi connectivity index (χ4v) is 3.30. The van der Waals surface area contributed by atoms with Gasteiger partial charge in [0.15, 0.2) is 0 Å². The Morgan fingerprint density at radius 1 is 1.43 bits per heavy atom. The summed E-state index contributed by atoms with van der Waals surface area (Å²) in [7, 11) is -1.31. The van der Waals surface area contributed by atoms with Crippen molar-refractivity contribution in [3.8, 4) is 0 Å². The van der Waals surface area contributed by atoms with Gasteiger partial charge in [0.05, 0.1) is 12.5 Å². The third kappa shape index (κ3) is 4.76. The lowest BCUT2D eigenvalue weighted by molar-refractivity contribution is -0.143. The molecule has 4 atom stereocenters. The predicted molar refractivity (Wildman–Crippen MR) is 82.0 cm³/mol. The first-order valence-corrected chi connectivity index (χ1v) is 8.07. The van der Waals surface area contributed by atoms with Crippen LogP contribution in [-0.2, 0) is 14.2 Å². The molecule has 1 saturated heterocycles. The van der Waals surface area contributed by atoms with Crippen molar-refractivity contribution >= 4 is 30.4 Å². The van der Waals surface area contributed by atoms with E-state index in [0.717, 1.165) is 0 Å². The van der Waals surface area contributed by atoms with Crippen LogP contribution in [0.15, 0.2) is 16.8 Å². The molecule has 1 aliphatic rings. The molecule has 0 amide bonds. The molecule has 126 valence electrons. The monoisotopic (exact) mass is 343 g/mol. The molecule has 1 aromatic heterocycles. The highest BCUT2D eigenvalue weighted by atomic mass is 32.1. The second-order valence-corrected chi connectivity index (χ2v) is 6.19. The van der Waals surface area contributed by atoms with Crippen LogP contribution in [0.1, 0.15) is 30.7 Å². The van der Waals surface area contributed by atoms with Crippen LogP contribution in [0.25, 0.3) is 0 Å². The van der Waals surface area contributed by atoms with Gasteiger partial charge in [-0.2, -0.15) is 11.3 Å².